The lowest BCUT2D eigenvalue weighted by atomic mass is 10.3. The highest BCUT2D eigenvalue weighted by Gasteiger charge is 2.32. The van der Waals surface area contributed by atoms with E-state index in [1.165, 1.54) is 30.1 Å². The normalized spacial score (nSPS) is 10.9. The molecule has 146 valence electrons. The summed E-state index contributed by atoms with van der Waals surface area (Å²) in [6.07, 6.45) is -4.85. The quantitative estimate of drug-likeness (QED) is 0.780. The predicted octanol–water partition coefficient (Wildman–Crippen LogP) is 4.14. The van der Waals surface area contributed by atoms with E-state index in [1.807, 2.05) is 0 Å². The Morgan fingerprint density at radius 2 is 1.70 bits per heavy atom. The highest BCUT2D eigenvalue weighted by atomic mass is 19.4. The molecule has 2 rings (SSSR count). The number of para-hydroxylation sites is 2. The van der Waals surface area contributed by atoms with Crippen LogP contribution in [0.4, 0.5) is 23.7 Å². The van der Waals surface area contributed by atoms with Gasteiger partial charge in [-0.1, -0.05) is 12.1 Å². The molecule has 0 saturated carbocycles. The van der Waals surface area contributed by atoms with E-state index in [0.717, 1.165) is 6.07 Å². The third kappa shape index (κ3) is 6.61. The first kappa shape index (κ1) is 20.2. The summed E-state index contributed by atoms with van der Waals surface area (Å²) < 4.78 is 51.7. The van der Waals surface area contributed by atoms with Crippen molar-refractivity contribution in [2.75, 3.05) is 32.6 Å². The van der Waals surface area contributed by atoms with E-state index in [9.17, 15) is 18.0 Å². The van der Waals surface area contributed by atoms with Crippen LogP contribution in [0, 0.1) is 0 Å². The second-order valence-corrected chi connectivity index (χ2v) is 5.42. The zero-order valence-corrected chi connectivity index (χ0v) is 14.7. The lowest BCUT2D eigenvalue weighted by Gasteiger charge is -2.20. The summed E-state index contributed by atoms with van der Waals surface area (Å²) in [6.45, 7) is 0.428. The molecule has 0 fully saturated rings. The van der Waals surface area contributed by atoms with E-state index in [0.29, 0.717) is 11.5 Å². The number of likely N-dealkylation sites (N-methyl/N-ethyl adjacent to an activating group) is 1. The van der Waals surface area contributed by atoms with Gasteiger partial charge in [-0.2, -0.15) is 0 Å². The van der Waals surface area contributed by atoms with Crippen LogP contribution in [-0.2, 0) is 0 Å². The molecule has 0 heterocycles. The molecule has 0 atom stereocenters. The maximum absolute atomic E-state index is 12.4. The first-order chi connectivity index (χ1) is 12.8. The Kier molecular flexibility index (Phi) is 6.75. The van der Waals surface area contributed by atoms with Gasteiger partial charge < -0.3 is 24.4 Å². The highest BCUT2D eigenvalue weighted by Crippen LogP contribution is 2.30. The van der Waals surface area contributed by atoms with E-state index in [-0.39, 0.29) is 18.8 Å². The van der Waals surface area contributed by atoms with Gasteiger partial charge >= 0.3 is 12.4 Å². The van der Waals surface area contributed by atoms with Crippen molar-refractivity contribution in [1.29, 1.82) is 0 Å². The second-order valence-electron chi connectivity index (χ2n) is 5.42. The van der Waals surface area contributed by atoms with Crippen molar-refractivity contribution in [2.45, 2.75) is 6.36 Å². The number of hydrogen-bond donors (Lipinski definition) is 1. The van der Waals surface area contributed by atoms with Gasteiger partial charge in [0.1, 0.15) is 18.1 Å². The zero-order chi connectivity index (χ0) is 19.9. The summed E-state index contributed by atoms with van der Waals surface area (Å²) in [5.74, 6) is 0.813. The van der Waals surface area contributed by atoms with Crippen LogP contribution in [0.2, 0.25) is 0 Å². The summed E-state index contributed by atoms with van der Waals surface area (Å²) in [5, 5.41) is 2.39. The van der Waals surface area contributed by atoms with Crippen molar-refractivity contribution < 1.29 is 32.2 Å². The molecule has 0 unspecified atom stereocenters. The highest BCUT2D eigenvalue weighted by molar-refractivity contribution is 5.90. The van der Waals surface area contributed by atoms with Crippen LogP contribution in [0.1, 0.15) is 0 Å². The summed E-state index contributed by atoms with van der Waals surface area (Å²) in [4.78, 5) is 13.4. The van der Waals surface area contributed by atoms with Crippen molar-refractivity contribution in [3.8, 4) is 17.2 Å². The van der Waals surface area contributed by atoms with Gasteiger partial charge in [0.2, 0.25) is 0 Å². The lowest BCUT2D eigenvalue weighted by Crippen LogP contribution is -2.34. The minimum absolute atomic E-state index is 0.0808. The average molecular weight is 384 g/mol. The van der Waals surface area contributed by atoms with Crippen molar-refractivity contribution in [3.63, 3.8) is 0 Å². The van der Waals surface area contributed by atoms with Gasteiger partial charge in [0, 0.05) is 7.05 Å². The average Bonchev–Trinajstić information content (AvgIpc) is 2.62. The molecule has 27 heavy (non-hydrogen) atoms. The number of methoxy groups -OCH3 is 1. The fraction of sp³-hybridized carbons (Fsp3) is 0.278. The number of urea groups is 1. The van der Waals surface area contributed by atoms with Crippen LogP contribution in [0.3, 0.4) is 0 Å². The molecule has 2 aromatic rings. The van der Waals surface area contributed by atoms with E-state index in [2.05, 4.69) is 10.1 Å². The number of hydrogen-bond acceptors (Lipinski definition) is 4. The summed E-state index contributed by atoms with van der Waals surface area (Å²) in [6, 6.07) is 11.7. The minimum atomic E-state index is -4.85. The van der Waals surface area contributed by atoms with Crippen molar-refractivity contribution in [3.05, 3.63) is 48.5 Å². The zero-order valence-electron chi connectivity index (χ0n) is 14.7. The van der Waals surface area contributed by atoms with E-state index in [1.54, 1.807) is 31.4 Å². The van der Waals surface area contributed by atoms with Crippen molar-refractivity contribution >= 4 is 11.7 Å². The van der Waals surface area contributed by atoms with E-state index >= 15 is 0 Å². The van der Waals surface area contributed by atoms with Gasteiger partial charge in [-0.3, -0.25) is 0 Å². The van der Waals surface area contributed by atoms with Gasteiger partial charge in [0.25, 0.3) is 0 Å². The van der Waals surface area contributed by atoms with Crippen LogP contribution < -0.4 is 19.5 Å². The Balaban J connectivity index is 1.86. The summed E-state index contributed by atoms with van der Waals surface area (Å²) in [5.41, 5.74) is -0.0808. The van der Waals surface area contributed by atoms with Crippen LogP contribution in [0.15, 0.2) is 48.5 Å². The number of amides is 2. The van der Waals surface area contributed by atoms with E-state index < -0.39 is 18.1 Å². The maximum Gasteiger partial charge on any atom is 0.573 e. The third-order valence-corrected chi connectivity index (χ3v) is 3.46. The van der Waals surface area contributed by atoms with Gasteiger partial charge in [-0.05, 0) is 36.4 Å². The number of nitrogens with one attached hydrogen (secondary N) is 1. The molecule has 0 bridgehead atoms. The maximum atomic E-state index is 12.4. The molecule has 0 radical (unpaired) electrons. The molecule has 0 aliphatic rings. The Labute approximate surface area is 154 Å². The third-order valence-electron chi connectivity index (χ3n) is 3.46. The number of anilines is 1. The molecule has 6 nitrogen and oxygen atoms in total. The van der Waals surface area contributed by atoms with Crippen molar-refractivity contribution in [2.24, 2.45) is 0 Å². The second kappa shape index (κ2) is 9.02. The predicted molar refractivity (Wildman–Crippen MR) is 93.3 cm³/mol. The molecule has 9 heteroatoms. The first-order valence-electron chi connectivity index (χ1n) is 7.92. The van der Waals surface area contributed by atoms with Gasteiger partial charge in [-0.15, -0.1) is 13.2 Å². The molecule has 2 aromatic carbocycles. The fourth-order valence-electron chi connectivity index (χ4n) is 2.07. The number of ether oxygens (including phenoxy) is 3. The molecular weight excluding hydrogens is 365 g/mol. The van der Waals surface area contributed by atoms with Gasteiger partial charge in [0.05, 0.1) is 19.3 Å². The molecule has 0 spiro atoms. The summed E-state index contributed by atoms with van der Waals surface area (Å²) >= 11 is 0. The van der Waals surface area contributed by atoms with Gasteiger partial charge in [-0.25, -0.2) is 4.79 Å². The van der Waals surface area contributed by atoms with Crippen LogP contribution in [-0.4, -0.2) is 44.6 Å². The van der Waals surface area contributed by atoms with Crippen LogP contribution >= 0.6 is 0 Å². The number of benzene rings is 2. The molecule has 1 N–H and O–H groups in total. The van der Waals surface area contributed by atoms with Crippen molar-refractivity contribution in [1.82, 2.24) is 4.90 Å². The number of halogens is 3. The number of nitrogens with zero attached hydrogens (tertiary/aromatic N) is 1. The standard InChI is InChI=1S/C18H19F3N2O4/c1-23(11-12-26-14-9-7-13(25-2)8-10-14)17(24)22-15-5-3-4-6-16(15)27-18(19,20)21/h3-10H,11-12H2,1-2H3,(H,22,24). The molecule has 0 aliphatic heterocycles. The van der Waals surface area contributed by atoms with Crippen LogP contribution in [0.25, 0.3) is 0 Å². The number of alkyl halides is 3. The SMILES string of the molecule is COc1ccc(OCCN(C)C(=O)Nc2ccccc2OC(F)(F)F)cc1. The topological polar surface area (TPSA) is 60.0 Å². The lowest BCUT2D eigenvalue weighted by molar-refractivity contribution is -0.274. The summed E-state index contributed by atoms with van der Waals surface area (Å²) in [7, 11) is 3.06. The van der Waals surface area contributed by atoms with Crippen LogP contribution in [0.5, 0.6) is 17.2 Å². The molecule has 0 saturated heterocycles. The number of rotatable bonds is 7. The Morgan fingerprint density at radius 3 is 2.33 bits per heavy atom. The van der Waals surface area contributed by atoms with E-state index in [4.69, 9.17) is 9.47 Å². The minimum Gasteiger partial charge on any atom is -0.497 e. The Morgan fingerprint density at radius 1 is 1.07 bits per heavy atom. The van der Waals surface area contributed by atoms with Gasteiger partial charge in [0.15, 0.2) is 5.75 Å². The number of carbonyl (C=O) groups excluding carboxylic acids is 1. The molecule has 0 aromatic heterocycles. The fourth-order valence-corrected chi connectivity index (χ4v) is 2.07. The largest absolute Gasteiger partial charge is 0.573 e. The molecule has 0 aliphatic carbocycles. The molecular formula is C18H19F3N2O4. The Bertz CT molecular complexity index is 751. The monoisotopic (exact) mass is 384 g/mol. The number of carbonyl (C=O) groups is 1. The smallest absolute Gasteiger partial charge is 0.497 e. The molecule has 2 amide bonds. The Hall–Kier alpha value is -3.10. The first-order valence-corrected chi connectivity index (χ1v) is 7.92.